The molecule has 3 heteroatoms. The van der Waals surface area contributed by atoms with Crippen molar-refractivity contribution in [1.29, 1.82) is 0 Å². The second kappa shape index (κ2) is 2.72. The van der Waals surface area contributed by atoms with E-state index in [1.165, 1.54) is 20.7 Å². The first-order chi connectivity index (χ1) is 6.45. The number of thiophene rings is 1. The Bertz CT molecular complexity index is 447. The van der Waals surface area contributed by atoms with Gasteiger partial charge in [0.15, 0.2) is 0 Å². The Labute approximate surface area is 80.6 Å². The highest BCUT2D eigenvalue weighted by Crippen LogP contribution is 2.36. The fourth-order valence-electron chi connectivity index (χ4n) is 1.74. The van der Waals surface area contributed by atoms with Crippen LogP contribution in [-0.4, -0.2) is 6.67 Å². The van der Waals surface area contributed by atoms with E-state index in [0.717, 1.165) is 13.2 Å². The molecule has 1 aromatic heterocycles. The van der Waals surface area contributed by atoms with Gasteiger partial charge in [0.25, 0.3) is 0 Å². The molecule has 1 aliphatic heterocycles. The van der Waals surface area contributed by atoms with Gasteiger partial charge >= 0.3 is 0 Å². The van der Waals surface area contributed by atoms with Crippen molar-refractivity contribution in [2.24, 2.45) is 0 Å². The van der Waals surface area contributed by atoms with Gasteiger partial charge in [0.05, 0.1) is 12.4 Å². The van der Waals surface area contributed by atoms with Gasteiger partial charge in [-0.1, -0.05) is 18.2 Å². The molecular formula is C10H10N2S. The first-order valence-electron chi connectivity index (χ1n) is 4.40. The van der Waals surface area contributed by atoms with Crippen LogP contribution in [0.1, 0.15) is 4.88 Å². The molecular weight excluding hydrogens is 180 g/mol. The Kier molecular flexibility index (Phi) is 1.54. The zero-order valence-electron chi connectivity index (χ0n) is 7.13. The van der Waals surface area contributed by atoms with Gasteiger partial charge in [-0.05, 0) is 6.07 Å². The third-order valence-corrected chi connectivity index (χ3v) is 3.51. The van der Waals surface area contributed by atoms with E-state index in [4.69, 9.17) is 0 Å². The number of benzene rings is 1. The molecule has 2 aromatic rings. The molecule has 3 rings (SSSR count). The smallest absolute Gasteiger partial charge is 0.0656 e. The second-order valence-electron chi connectivity index (χ2n) is 3.18. The molecule has 0 fully saturated rings. The Balaban J connectivity index is 2.34. The van der Waals surface area contributed by atoms with Crippen LogP contribution in [0.3, 0.4) is 0 Å². The lowest BCUT2D eigenvalue weighted by molar-refractivity contribution is 0.721. The summed E-state index contributed by atoms with van der Waals surface area (Å²) in [4.78, 5) is 1.42. The van der Waals surface area contributed by atoms with Gasteiger partial charge in [-0.15, -0.1) is 11.3 Å². The van der Waals surface area contributed by atoms with Crippen LogP contribution in [0.2, 0.25) is 0 Å². The third-order valence-electron chi connectivity index (χ3n) is 2.34. The highest BCUT2D eigenvalue weighted by molar-refractivity contribution is 7.19. The summed E-state index contributed by atoms with van der Waals surface area (Å²) in [5, 5.41) is 8.05. The van der Waals surface area contributed by atoms with E-state index in [2.05, 4.69) is 34.9 Å². The van der Waals surface area contributed by atoms with Crippen molar-refractivity contribution >= 4 is 27.1 Å². The summed E-state index contributed by atoms with van der Waals surface area (Å²) in [7, 11) is 0. The first kappa shape index (κ1) is 7.35. The molecule has 2 N–H and O–H groups in total. The molecule has 0 radical (unpaired) electrons. The van der Waals surface area contributed by atoms with Crippen LogP contribution in [0.25, 0.3) is 10.1 Å². The zero-order valence-corrected chi connectivity index (χ0v) is 7.95. The van der Waals surface area contributed by atoms with E-state index in [-0.39, 0.29) is 0 Å². The minimum atomic E-state index is 0.883. The standard InChI is InChI=1S/C10H10N2S/c1-2-4-8-7(3-1)10-9(13-8)5-11-6-12-10/h1-4,11-12H,5-6H2. The summed E-state index contributed by atoms with van der Waals surface area (Å²) >= 11 is 1.87. The molecule has 0 unspecified atom stereocenters. The molecule has 0 spiro atoms. The summed E-state index contributed by atoms with van der Waals surface area (Å²) in [6.45, 7) is 1.88. The van der Waals surface area contributed by atoms with Crippen LogP contribution in [0.4, 0.5) is 5.69 Å². The van der Waals surface area contributed by atoms with Gasteiger partial charge in [-0.3, -0.25) is 5.32 Å². The van der Waals surface area contributed by atoms with E-state index in [0.29, 0.717) is 0 Å². The first-order valence-corrected chi connectivity index (χ1v) is 5.22. The quantitative estimate of drug-likeness (QED) is 0.666. The summed E-state index contributed by atoms with van der Waals surface area (Å²) in [5.41, 5.74) is 1.33. The van der Waals surface area contributed by atoms with Gasteiger partial charge in [-0.25, -0.2) is 0 Å². The van der Waals surface area contributed by atoms with Gasteiger partial charge < -0.3 is 5.32 Å². The molecule has 1 aromatic carbocycles. The van der Waals surface area contributed by atoms with Crippen LogP contribution in [0.5, 0.6) is 0 Å². The minimum absolute atomic E-state index is 0.883. The van der Waals surface area contributed by atoms with Gasteiger partial charge in [0, 0.05) is 21.5 Å². The molecule has 0 bridgehead atoms. The van der Waals surface area contributed by atoms with Crippen LogP contribution >= 0.6 is 11.3 Å². The largest absolute Gasteiger partial charge is 0.371 e. The van der Waals surface area contributed by atoms with Crippen LogP contribution in [-0.2, 0) is 6.54 Å². The molecule has 13 heavy (non-hydrogen) atoms. The molecule has 0 aliphatic carbocycles. The number of hydrogen-bond acceptors (Lipinski definition) is 3. The van der Waals surface area contributed by atoms with Crippen molar-refractivity contribution < 1.29 is 0 Å². The SMILES string of the molecule is c1ccc2c3c(sc2c1)CNCN3. The molecule has 66 valence electrons. The average Bonchev–Trinajstić information content (AvgIpc) is 2.56. The van der Waals surface area contributed by atoms with E-state index < -0.39 is 0 Å². The normalized spacial score (nSPS) is 15.4. The summed E-state index contributed by atoms with van der Waals surface area (Å²) in [6, 6.07) is 8.56. The Morgan fingerprint density at radius 2 is 2.15 bits per heavy atom. The average molecular weight is 190 g/mol. The maximum atomic E-state index is 3.38. The number of nitrogens with one attached hydrogen (secondary N) is 2. The lowest BCUT2D eigenvalue weighted by Crippen LogP contribution is -2.26. The van der Waals surface area contributed by atoms with E-state index in [1.54, 1.807) is 0 Å². The Morgan fingerprint density at radius 3 is 3.15 bits per heavy atom. The highest BCUT2D eigenvalue weighted by Gasteiger charge is 2.13. The molecule has 2 heterocycles. The maximum absolute atomic E-state index is 3.38. The van der Waals surface area contributed by atoms with Crippen molar-refractivity contribution in [3.05, 3.63) is 29.1 Å². The molecule has 1 aliphatic rings. The fraction of sp³-hybridized carbons (Fsp3) is 0.200. The van der Waals surface area contributed by atoms with E-state index >= 15 is 0 Å². The Hall–Kier alpha value is -1.06. The van der Waals surface area contributed by atoms with E-state index in [1.807, 2.05) is 11.3 Å². The summed E-state index contributed by atoms with van der Waals surface area (Å²) in [5.74, 6) is 0. The third kappa shape index (κ3) is 1.04. The van der Waals surface area contributed by atoms with E-state index in [9.17, 15) is 0 Å². The number of anilines is 1. The molecule has 0 saturated heterocycles. The predicted molar refractivity (Wildman–Crippen MR) is 57.2 cm³/mol. The Morgan fingerprint density at radius 1 is 1.23 bits per heavy atom. The van der Waals surface area contributed by atoms with Crippen molar-refractivity contribution in [2.75, 3.05) is 12.0 Å². The highest BCUT2D eigenvalue weighted by atomic mass is 32.1. The lowest BCUT2D eigenvalue weighted by atomic mass is 10.2. The van der Waals surface area contributed by atoms with Crippen molar-refractivity contribution in [2.45, 2.75) is 6.54 Å². The monoisotopic (exact) mass is 190 g/mol. The van der Waals surface area contributed by atoms with Gasteiger partial charge in [-0.2, -0.15) is 0 Å². The maximum Gasteiger partial charge on any atom is 0.0656 e. The minimum Gasteiger partial charge on any atom is -0.371 e. The van der Waals surface area contributed by atoms with Crippen LogP contribution in [0, 0.1) is 0 Å². The topological polar surface area (TPSA) is 24.1 Å². The number of hydrogen-bond donors (Lipinski definition) is 2. The molecule has 2 nitrogen and oxygen atoms in total. The van der Waals surface area contributed by atoms with Gasteiger partial charge in [0.2, 0.25) is 0 Å². The second-order valence-corrected chi connectivity index (χ2v) is 4.31. The van der Waals surface area contributed by atoms with Crippen molar-refractivity contribution in [3.63, 3.8) is 0 Å². The van der Waals surface area contributed by atoms with Crippen LogP contribution in [0.15, 0.2) is 24.3 Å². The summed E-state index contributed by atoms with van der Waals surface area (Å²) in [6.07, 6.45) is 0. The molecule has 0 saturated carbocycles. The van der Waals surface area contributed by atoms with Crippen molar-refractivity contribution in [3.8, 4) is 0 Å². The predicted octanol–water partition coefficient (Wildman–Crippen LogP) is 2.37. The lowest BCUT2D eigenvalue weighted by Gasteiger charge is -2.14. The fourth-order valence-corrected chi connectivity index (χ4v) is 2.89. The van der Waals surface area contributed by atoms with Gasteiger partial charge in [0.1, 0.15) is 0 Å². The number of fused-ring (bicyclic) bond motifs is 3. The molecule has 0 atom stereocenters. The number of rotatable bonds is 0. The van der Waals surface area contributed by atoms with Crippen LogP contribution < -0.4 is 10.6 Å². The molecule has 0 amide bonds. The summed E-state index contributed by atoms with van der Waals surface area (Å²) < 4.78 is 1.38. The zero-order chi connectivity index (χ0) is 8.67. The van der Waals surface area contributed by atoms with Crippen molar-refractivity contribution in [1.82, 2.24) is 5.32 Å².